The summed E-state index contributed by atoms with van der Waals surface area (Å²) in [5, 5.41) is 3.54. The molecule has 0 aliphatic carbocycles. The lowest BCUT2D eigenvalue weighted by Crippen LogP contribution is -2.51. The fourth-order valence-electron chi connectivity index (χ4n) is 4.19. The number of benzene rings is 3. The van der Waals surface area contributed by atoms with Crippen LogP contribution in [0.4, 0.5) is 5.69 Å². The van der Waals surface area contributed by atoms with Gasteiger partial charge in [0.1, 0.15) is 12.6 Å². The minimum Gasteiger partial charge on any atom is -0.354 e. The van der Waals surface area contributed by atoms with Crippen LogP contribution in [0.15, 0.2) is 71.6 Å². The molecule has 0 aliphatic heterocycles. The number of carbonyl (C=O) groups is 2. The van der Waals surface area contributed by atoms with Gasteiger partial charge in [0.15, 0.2) is 0 Å². The molecule has 3 aromatic rings. The normalized spacial score (nSPS) is 12.2. The number of rotatable bonds is 11. The molecule has 1 atom stereocenters. The lowest BCUT2D eigenvalue weighted by molar-refractivity contribution is -0.139. The Hall–Kier alpha value is -3.07. The monoisotopic (exact) mass is 603 g/mol. The lowest BCUT2D eigenvalue weighted by atomic mass is 10.1. The van der Waals surface area contributed by atoms with Gasteiger partial charge in [-0.25, -0.2) is 8.42 Å². The summed E-state index contributed by atoms with van der Waals surface area (Å²) in [6.45, 7) is 9.24. The average molecular weight is 605 g/mol. The Kier molecular flexibility index (Phi) is 10.6. The average Bonchev–Trinajstić information content (AvgIpc) is 2.91. The molecule has 3 aromatic carbocycles. The molecule has 10 heteroatoms. The molecule has 3 rings (SSSR count). The number of nitrogens with zero attached hydrogens (tertiary/aromatic N) is 2. The summed E-state index contributed by atoms with van der Waals surface area (Å²) in [5.74, 6) is -0.671. The van der Waals surface area contributed by atoms with Gasteiger partial charge in [0.25, 0.3) is 10.0 Å². The highest BCUT2D eigenvalue weighted by Gasteiger charge is 2.33. The topological polar surface area (TPSA) is 86.8 Å². The third-order valence-electron chi connectivity index (χ3n) is 6.42. The number of hydrogen-bond acceptors (Lipinski definition) is 4. The maximum absolute atomic E-state index is 14.0. The van der Waals surface area contributed by atoms with E-state index in [0.717, 1.165) is 9.87 Å². The van der Waals surface area contributed by atoms with Crippen molar-refractivity contribution in [3.63, 3.8) is 0 Å². The molecule has 0 aromatic heterocycles. The van der Waals surface area contributed by atoms with Gasteiger partial charge in [0.05, 0.1) is 20.6 Å². The molecule has 0 aliphatic rings. The second-order valence-corrected chi connectivity index (χ2v) is 12.9. The van der Waals surface area contributed by atoms with Gasteiger partial charge in [-0.15, -0.1) is 0 Å². The summed E-state index contributed by atoms with van der Waals surface area (Å²) in [6.07, 6.45) is 0. The molecule has 0 heterocycles. The number of sulfonamides is 1. The van der Waals surface area contributed by atoms with Crippen molar-refractivity contribution in [2.24, 2.45) is 5.92 Å². The third kappa shape index (κ3) is 7.77. The predicted octanol–water partition coefficient (Wildman–Crippen LogP) is 6.00. The molecule has 1 unspecified atom stereocenters. The largest absolute Gasteiger partial charge is 0.354 e. The molecular formula is C30H35Cl2N3O4S. The number of nitrogens with one attached hydrogen (secondary N) is 1. The number of amides is 2. The molecule has 214 valence electrons. The smallest absolute Gasteiger partial charge is 0.264 e. The Morgan fingerprint density at radius 2 is 1.57 bits per heavy atom. The number of aryl methyl sites for hydroxylation is 2. The maximum atomic E-state index is 14.0. The summed E-state index contributed by atoms with van der Waals surface area (Å²) in [4.78, 5) is 28.5. The first-order chi connectivity index (χ1) is 18.8. The van der Waals surface area contributed by atoms with Gasteiger partial charge < -0.3 is 10.2 Å². The van der Waals surface area contributed by atoms with Gasteiger partial charge in [0, 0.05) is 13.1 Å². The zero-order chi connectivity index (χ0) is 29.6. The van der Waals surface area contributed by atoms with Crippen molar-refractivity contribution < 1.29 is 18.0 Å². The SMILES string of the molecule is Cc1ccc(N(CC(=O)N(Cc2ccc(Cl)c(Cl)c2)C(C)C(=O)NCC(C)C)S(=O)(=O)c2ccccc2)c(C)c1. The van der Waals surface area contributed by atoms with Gasteiger partial charge in [-0.3, -0.25) is 13.9 Å². The highest BCUT2D eigenvalue weighted by atomic mass is 35.5. The minimum absolute atomic E-state index is 0.0259. The van der Waals surface area contributed by atoms with E-state index in [-0.39, 0.29) is 23.3 Å². The fourth-order valence-corrected chi connectivity index (χ4v) is 6.01. The van der Waals surface area contributed by atoms with Crippen molar-refractivity contribution in [3.05, 3.63) is 93.5 Å². The molecule has 7 nitrogen and oxygen atoms in total. The molecule has 40 heavy (non-hydrogen) atoms. The molecule has 0 bridgehead atoms. The lowest BCUT2D eigenvalue weighted by Gasteiger charge is -2.32. The Labute approximate surface area is 247 Å². The van der Waals surface area contributed by atoms with Crippen LogP contribution in [0.25, 0.3) is 0 Å². The Morgan fingerprint density at radius 1 is 0.900 bits per heavy atom. The third-order valence-corrected chi connectivity index (χ3v) is 8.93. The van der Waals surface area contributed by atoms with E-state index in [4.69, 9.17) is 23.2 Å². The number of hydrogen-bond donors (Lipinski definition) is 1. The Bertz CT molecular complexity index is 1460. The van der Waals surface area contributed by atoms with Crippen molar-refractivity contribution in [1.29, 1.82) is 0 Å². The second kappa shape index (κ2) is 13.5. The number of carbonyl (C=O) groups excluding carboxylic acids is 2. The van der Waals surface area contributed by atoms with Crippen molar-refractivity contribution in [1.82, 2.24) is 10.2 Å². The molecule has 0 spiro atoms. The van der Waals surface area contributed by atoms with E-state index >= 15 is 0 Å². The second-order valence-electron chi connectivity index (χ2n) is 10.2. The van der Waals surface area contributed by atoms with Gasteiger partial charge in [0.2, 0.25) is 11.8 Å². The van der Waals surface area contributed by atoms with Crippen LogP contribution >= 0.6 is 23.2 Å². The molecule has 0 saturated carbocycles. The van der Waals surface area contributed by atoms with Crippen LogP contribution in [0.5, 0.6) is 0 Å². The van der Waals surface area contributed by atoms with Gasteiger partial charge in [-0.1, -0.05) is 79.0 Å². The van der Waals surface area contributed by atoms with Crippen LogP contribution in [0, 0.1) is 19.8 Å². The van der Waals surface area contributed by atoms with Gasteiger partial charge in [-0.05, 0) is 68.1 Å². The quantitative estimate of drug-likeness (QED) is 0.291. The highest BCUT2D eigenvalue weighted by molar-refractivity contribution is 7.92. The summed E-state index contributed by atoms with van der Waals surface area (Å²) in [6, 6.07) is 17.4. The maximum Gasteiger partial charge on any atom is 0.264 e. The van der Waals surface area contributed by atoms with Crippen molar-refractivity contribution in [2.45, 2.75) is 52.1 Å². The van der Waals surface area contributed by atoms with E-state index in [1.165, 1.54) is 17.0 Å². The highest BCUT2D eigenvalue weighted by Crippen LogP contribution is 2.29. The standard InChI is InChI=1S/C30H35Cl2N3O4S/c1-20(2)17-33-30(37)23(5)34(18-24-12-13-26(31)27(32)16-24)29(36)19-35(28-14-11-21(3)15-22(28)4)40(38,39)25-9-7-6-8-10-25/h6-16,20,23H,17-19H2,1-5H3,(H,33,37). The molecular weight excluding hydrogens is 569 g/mol. The van der Waals surface area contributed by atoms with Gasteiger partial charge in [-0.2, -0.15) is 0 Å². The zero-order valence-electron chi connectivity index (χ0n) is 23.3. The fraction of sp³-hybridized carbons (Fsp3) is 0.333. The van der Waals surface area contributed by atoms with Crippen molar-refractivity contribution >= 4 is 50.7 Å². The van der Waals surface area contributed by atoms with E-state index in [2.05, 4.69) is 5.32 Å². The van der Waals surface area contributed by atoms with Crippen LogP contribution in [-0.4, -0.2) is 44.3 Å². The van der Waals surface area contributed by atoms with E-state index < -0.39 is 28.5 Å². The van der Waals surface area contributed by atoms with Crippen LogP contribution in [0.2, 0.25) is 10.0 Å². The number of anilines is 1. The van der Waals surface area contributed by atoms with Gasteiger partial charge >= 0.3 is 0 Å². The molecule has 0 saturated heterocycles. The van der Waals surface area contributed by atoms with Crippen molar-refractivity contribution in [2.75, 3.05) is 17.4 Å². The van der Waals surface area contributed by atoms with Crippen LogP contribution in [0.3, 0.4) is 0 Å². The van der Waals surface area contributed by atoms with Crippen LogP contribution in [0.1, 0.15) is 37.5 Å². The molecule has 0 fully saturated rings. The summed E-state index contributed by atoms with van der Waals surface area (Å²) in [7, 11) is -4.12. The Balaban J connectivity index is 2.05. The molecule has 2 amide bonds. The van der Waals surface area contributed by atoms with Crippen molar-refractivity contribution in [3.8, 4) is 0 Å². The molecule has 1 N–H and O–H groups in total. The number of halogens is 2. The first-order valence-corrected chi connectivity index (χ1v) is 15.2. The molecule has 0 radical (unpaired) electrons. The zero-order valence-corrected chi connectivity index (χ0v) is 25.6. The van der Waals surface area contributed by atoms with Crippen LogP contribution in [-0.2, 0) is 26.2 Å². The van der Waals surface area contributed by atoms with Crippen LogP contribution < -0.4 is 9.62 Å². The first-order valence-electron chi connectivity index (χ1n) is 13.0. The summed E-state index contributed by atoms with van der Waals surface area (Å²) < 4.78 is 28.9. The Morgan fingerprint density at radius 3 is 2.17 bits per heavy atom. The predicted molar refractivity (Wildman–Crippen MR) is 161 cm³/mol. The van der Waals surface area contributed by atoms with E-state index in [9.17, 15) is 18.0 Å². The van der Waals surface area contributed by atoms with E-state index in [0.29, 0.717) is 33.4 Å². The van der Waals surface area contributed by atoms with E-state index in [1.807, 2.05) is 26.8 Å². The summed E-state index contributed by atoms with van der Waals surface area (Å²) >= 11 is 12.3. The van der Waals surface area contributed by atoms with E-state index in [1.54, 1.807) is 62.4 Å². The first kappa shape index (κ1) is 31.5. The minimum atomic E-state index is -4.12. The summed E-state index contributed by atoms with van der Waals surface area (Å²) in [5.41, 5.74) is 2.69.